The molecule has 0 aromatic heterocycles. The molecule has 0 saturated heterocycles. The maximum Gasteiger partial charge on any atom is 1.00 e. The molecule has 0 amide bonds. The first kappa shape index (κ1) is 15.7. The molecule has 0 spiro atoms. The number of halogens is 1. The van der Waals surface area contributed by atoms with Crippen molar-refractivity contribution in [2.75, 3.05) is 0 Å². The van der Waals surface area contributed by atoms with Gasteiger partial charge in [0.05, 0.1) is 0 Å². The Morgan fingerprint density at radius 2 is 1.33 bits per heavy atom. The van der Waals surface area contributed by atoms with Crippen LogP contribution in [0.25, 0.3) is 0 Å². The predicted octanol–water partition coefficient (Wildman–Crippen LogP) is -5.40. The first-order valence-electron chi connectivity index (χ1n) is 1.20. The minimum absolute atomic E-state index is 0. The number of Topliss-reactive ketones (excluding diaryl/α,β-unsaturated/α-hetero) is 1. The summed E-state index contributed by atoms with van der Waals surface area (Å²) in [5.74, 6) is 0.167. The Morgan fingerprint density at radius 3 is 1.33 bits per heavy atom. The van der Waals surface area contributed by atoms with E-state index in [1.54, 1.807) is 0 Å². The Bertz CT molecular complexity index is 33.8. The van der Waals surface area contributed by atoms with E-state index in [1.807, 2.05) is 0 Å². The van der Waals surface area contributed by atoms with Gasteiger partial charge in [-0.25, -0.2) is 0 Å². The number of hydrogen-bond acceptors (Lipinski definition) is 1. The molecule has 0 rings (SSSR count). The molecule has 0 radical (unpaired) electrons. The van der Waals surface area contributed by atoms with Gasteiger partial charge < -0.3 is 9.50 Å². The van der Waals surface area contributed by atoms with Gasteiger partial charge in [0, 0.05) is 0 Å². The zero-order valence-corrected chi connectivity index (χ0v) is 7.41. The maximum atomic E-state index is 9.44. The average Bonchev–Trinajstić information content (AvgIpc) is 0.811. The summed E-state index contributed by atoms with van der Waals surface area (Å²) in [6.07, 6.45) is 0. The van der Waals surface area contributed by atoms with Crippen LogP contribution in [-0.4, -0.2) is 5.78 Å². The summed E-state index contributed by atoms with van der Waals surface area (Å²) in [6, 6.07) is 0. The quantitative estimate of drug-likeness (QED) is 0.289. The monoisotopic (exact) mass is 116 g/mol. The van der Waals surface area contributed by atoms with Gasteiger partial charge in [0.25, 0.3) is 0 Å². The number of ketones is 1. The summed E-state index contributed by atoms with van der Waals surface area (Å²) in [7, 11) is 0. The van der Waals surface area contributed by atoms with Crippen molar-refractivity contribution in [3.63, 3.8) is 0 Å². The number of hydrogen-bond donors (Lipinski definition) is 0. The minimum atomic E-state index is 0. The van der Waals surface area contributed by atoms with Crippen LogP contribution < -0.4 is 56.1 Å². The van der Waals surface area contributed by atoms with E-state index in [-0.39, 0.29) is 61.9 Å². The predicted molar refractivity (Wildman–Crippen MR) is 16.4 cm³/mol. The van der Waals surface area contributed by atoms with Gasteiger partial charge in [0.15, 0.2) is 0 Å². The van der Waals surface area contributed by atoms with E-state index in [0.717, 1.165) is 0 Å². The van der Waals surface area contributed by atoms with Crippen molar-refractivity contribution in [2.45, 2.75) is 13.8 Å². The molecule has 0 N–H and O–H groups in total. The Kier molecular flexibility index (Phi) is 24.9. The van der Waals surface area contributed by atoms with E-state index in [1.165, 1.54) is 13.8 Å². The van der Waals surface area contributed by atoms with Crippen molar-refractivity contribution in [3.8, 4) is 0 Å². The Balaban J connectivity index is -0.0000000450. The molecule has 0 atom stereocenters. The molecule has 3 heteroatoms. The van der Waals surface area contributed by atoms with Gasteiger partial charge in [0.2, 0.25) is 0 Å². The van der Waals surface area contributed by atoms with Crippen molar-refractivity contribution >= 4 is 5.78 Å². The van der Waals surface area contributed by atoms with E-state index < -0.39 is 0 Å². The second-order valence-electron chi connectivity index (χ2n) is 0.908. The van der Waals surface area contributed by atoms with Crippen LogP contribution in [0.2, 0.25) is 0 Å². The van der Waals surface area contributed by atoms with E-state index in [0.29, 0.717) is 0 Å². The van der Waals surface area contributed by atoms with E-state index in [2.05, 4.69) is 0 Å². The number of rotatable bonds is 0. The Hall–Kier alpha value is 1.24. The first-order chi connectivity index (χ1) is 1.73. The third-order valence-corrected chi connectivity index (χ3v) is 0. The van der Waals surface area contributed by atoms with Crippen LogP contribution in [0.15, 0.2) is 0 Å². The molecule has 0 aliphatic carbocycles. The molecular weight excluding hydrogens is 110 g/mol. The number of carbonyl (C=O) groups excluding carboxylic acids is 1. The van der Waals surface area contributed by atoms with E-state index in [9.17, 15) is 4.79 Å². The fourth-order valence-electron chi connectivity index (χ4n) is 0. The van der Waals surface area contributed by atoms with Crippen molar-refractivity contribution in [2.24, 2.45) is 0 Å². The first-order valence-corrected chi connectivity index (χ1v) is 1.20. The molecule has 0 bridgehead atoms. The average molecular weight is 116 g/mol. The molecule has 1 nitrogen and oxygen atoms in total. The zero-order valence-electron chi connectivity index (χ0n) is 4.29. The maximum absolute atomic E-state index is 9.44. The third kappa shape index (κ3) is 61.5. The Morgan fingerprint density at radius 1 is 1.33 bits per heavy atom. The minimum Gasteiger partial charge on any atom is -1.00 e. The molecular formula is C3H6FKO. The zero-order chi connectivity index (χ0) is 3.58. The summed E-state index contributed by atoms with van der Waals surface area (Å²) in [6.45, 7) is 3.06. The summed E-state index contributed by atoms with van der Waals surface area (Å²) in [4.78, 5) is 9.44. The summed E-state index contributed by atoms with van der Waals surface area (Å²) in [5.41, 5.74) is 0. The normalized spacial score (nSPS) is 4.33. The SMILES string of the molecule is CC(C)=O.[F-].[K+]. The van der Waals surface area contributed by atoms with Gasteiger partial charge in [-0.2, -0.15) is 0 Å². The molecule has 32 valence electrons. The summed E-state index contributed by atoms with van der Waals surface area (Å²) in [5, 5.41) is 0. The number of carbonyl (C=O) groups is 1. The largest absolute Gasteiger partial charge is 1.00 e. The van der Waals surface area contributed by atoms with Gasteiger partial charge in [0.1, 0.15) is 5.78 Å². The summed E-state index contributed by atoms with van der Waals surface area (Å²) < 4.78 is 0. The second-order valence-corrected chi connectivity index (χ2v) is 0.908. The molecule has 0 aromatic rings. The van der Waals surface area contributed by atoms with Gasteiger partial charge in [-0.15, -0.1) is 0 Å². The topological polar surface area (TPSA) is 17.1 Å². The van der Waals surface area contributed by atoms with Crippen molar-refractivity contribution in [1.29, 1.82) is 0 Å². The molecule has 0 fully saturated rings. The fraction of sp³-hybridized carbons (Fsp3) is 0.667. The van der Waals surface area contributed by atoms with Gasteiger partial charge in [-0.3, -0.25) is 0 Å². The van der Waals surface area contributed by atoms with Crippen LogP contribution in [0.4, 0.5) is 0 Å². The van der Waals surface area contributed by atoms with Crippen molar-refractivity contribution < 1.29 is 60.9 Å². The Labute approximate surface area is 79.3 Å². The molecule has 0 aromatic carbocycles. The molecule has 0 aliphatic heterocycles. The van der Waals surface area contributed by atoms with Gasteiger partial charge in [-0.1, -0.05) is 0 Å². The molecule has 0 heterocycles. The molecule has 0 saturated carbocycles. The van der Waals surface area contributed by atoms with Crippen LogP contribution >= 0.6 is 0 Å². The third-order valence-electron chi connectivity index (χ3n) is 0. The van der Waals surface area contributed by atoms with Crippen LogP contribution in [-0.2, 0) is 4.79 Å². The molecule has 6 heavy (non-hydrogen) atoms. The van der Waals surface area contributed by atoms with Crippen LogP contribution in [0, 0.1) is 0 Å². The van der Waals surface area contributed by atoms with Crippen molar-refractivity contribution in [1.82, 2.24) is 0 Å². The van der Waals surface area contributed by atoms with Gasteiger partial charge >= 0.3 is 51.4 Å². The van der Waals surface area contributed by atoms with Crippen LogP contribution in [0.1, 0.15) is 13.8 Å². The van der Waals surface area contributed by atoms with E-state index in [4.69, 9.17) is 0 Å². The van der Waals surface area contributed by atoms with Crippen LogP contribution in [0.5, 0.6) is 0 Å². The smallest absolute Gasteiger partial charge is 1.00 e. The van der Waals surface area contributed by atoms with E-state index >= 15 is 0 Å². The van der Waals surface area contributed by atoms with Crippen molar-refractivity contribution in [3.05, 3.63) is 0 Å². The van der Waals surface area contributed by atoms with Gasteiger partial charge in [-0.05, 0) is 13.8 Å². The fourth-order valence-corrected chi connectivity index (χ4v) is 0. The summed E-state index contributed by atoms with van der Waals surface area (Å²) >= 11 is 0. The second kappa shape index (κ2) is 9.53. The standard InChI is InChI=1S/C3H6O.FH.K/c1-3(2)4;;/h1-2H3;1H;/q;;+1/p-1. The van der Waals surface area contributed by atoms with Crippen LogP contribution in [0.3, 0.4) is 0 Å². The molecule has 0 aliphatic rings. The molecule has 0 unspecified atom stereocenters.